The number of hydrogen-bond acceptors (Lipinski definition) is 1. The lowest BCUT2D eigenvalue weighted by molar-refractivity contribution is -0.122. The van der Waals surface area contributed by atoms with Crippen LogP contribution in [0, 0.1) is 0 Å². The molecule has 132 valence electrons. The third-order valence-electron chi connectivity index (χ3n) is 4.74. The highest BCUT2D eigenvalue weighted by Crippen LogP contribution is 2.28. The normalized spacial score (nSPS) is 11.9. The molecule has 0 saturated carbocycles. The molecule has 0 spiro atoms. The fourth-order valence-electron chi connectivity index (χ4n) is 3.34. The van der Waals surface area contributed by atoms with E-state index < -0.39 is 0 Å². The zero-order chi connectivity index (χ0) is 18.2. The second kappa shape index (κ2) is 9.00. The first kappa shape index (κ1) is 17.9. The predicted octanol–water partition coefficient (Wildman–Crippen LogP) is 5.48. The summed E-state index contributed by atoms with van der Waals surface area (Å²) in [6.07, 6.45) is 1.31. The van der Waals surface area contributed by atoms with Crippen molar-refractivity contribution >= 4 is 5.91 Å². The highest BCUT2D eigenvalue weighted by Gasteiger charge is 2.20. The van der Waals surface area contributed by atoms with Crippen LogP contribution in [0.1, 0.15) is 48.4 Å². The lowest BCUT2D eigenvalue weighted by Crippen LogP contribution is -2.29. The van der Waals surface area contributed by atoms with Crippen molar-refractivity contribution in [2.45, 2.75) is 31.7 Å². The van der Waals surface area contributed by atoms with Crippen LogP contribution in [0.4, 0.5) is 0 Å². The third kappa shape index (κ3) is 4.60. The minimum atomic E-state index is 0.0518. The number of carbonyl (C=O) groups is 1. The van der Waals surface area contributed by atoms with E-state index >= 15 is 0 Å². The highest BCUT2D eigenvalue weighted by molar-refractivity contribution is 5.78. The second-order valence-corrected chi connectivity index (χ2v) is 6.52. The Kier molecular flexibility index (Phi) is 6.21. The van der Waals surface area contributed by atoms with Crippen molar-refractivity contribution in [3.05, 3.63) is 108 Å². The topological polar surface area (TPSA) is 29.1 Å². The van der Waals surface area contributed by atoms with Crippen molar-refractivity contribution in [3.63, 3.8) is 0 Å². The Labute approximate surface area is 155 Å². The summed E-state index contributed by atoms with van der Waals surface area (Å²) in [6.45, 7) is 2.10. The zero-order valence-electron chi connectivity index (χ0n) is 15.1. The van der Waals surface area contributed by atoms with Gasteiger partial charge in [-0.1, -0.05) is 97.9 Å². The Morgan fingerprint density at radius 1 is 0.731 bits per heavy atom. The van der Waals surface area contributed by atoms with Crippen molar-refractivity contribution in [2.75, 3.05) is 0 Å². The van der Waals surface area contributed by atoms with E-state index in [-0.39, 0.29) is 17.9 Å². The molecule has 0 saturated heterocycles. The van der Waals surface area contributed by atoms with Gasteiger partial charge in [0.15, 0.2) is 0 Å². The lowest BCUT2D eigenvalue weighted by Gasteiger charge is -2.21. The maximum atomic E-state index is 12.8. The van der Waals surface area contributed by atoms with Crippen molar-refractivity contribution < 1.29 is 4.79 Å². The van der Waals surface area contributed by atoms with Gasteiger partial charge in [0.25, 0.3) is 0 Å². The molecule has 0 aliphatic rings. The number of benzene rings is 3. The largest absolute Gasteiger partial charge is 0.349 e. The standard InChI is InChI=1S/C24H25NO/c1-2-23(21-16-10-5-11-17-21)25-24(26)18-22(19-12-6-3-7-13-19)20-14-8-4-9-15-20/h3-17,22-23H,2,18H2,1H3,(H,25,26)/t23-/m1/s1. The Balaban J connectivity index is 1.77. The average Bonchev–Trinajstić information content (AvgIpc) is 2.72. The summed E-state index contributed by atoms with van der Waals surface area (Å²) >= 11 is 0. The molecule has 26 heavy (non-hydrogen) atoms. The van der Waals surface area contributed by atoms with Crippen molar-refractivity contribution in [1.82, 2.24) is 5.32 Å². The molecular weight excluding hydrogens is 318 g/mol. The summed E-state index contributed by atoms with van der Waals surface area (Å²) in [5, 5.41) is 3.21. The summed E-state index contributed by atoms with van der Waals surface area (Å²) < 4.78 is 0. The lowest BCUT2D eigenvalue weighted by atomic mass is 9.88. The Morgan fingerprint density at radius 3 is 1.58 bits per heavy atom. The summed E-state index contributed by atoms with van der Waals surface area (Å²) in [5.74, 6) is 0.143. The maximum Gasteiger partial charge on any atom is 0.221 e. The number of amides is 1. The first-order valence-electron chi connectivity index (χ1n) is 9.22. The molecule has 3 rings (SSSR count). The van der Waals surface area contributed by atoms with Gasteiger partial charge in [-0.05, 0) is 23.1 Å². The van der Waals surface area contributed by atoms with Crippen LogP contribution in [0.2, 0.25) is 0 Å². The van der Waals surface area contributed by atoms with E-state index in [9.17, 15) is 4.79 Å². The van der Waals surface area contributed by atoms with Gasteiger partial charge in [0.1, 0.15) is 0 Å². The Hall–Kier alpha value is -2.87. The van der Waals surface area contributed by atoms with Crippen LogP contribution in [-0.2, 0) is 4.79 Å². The molecule has 2 heteroatoms. The molecule has 2 nitrogen and oxygen atoms in total. The molecule has 0 aliphatic heterocycles. The number of nitrogens with one attached hydrogen (secondary N) is 1. The van der Waals surface area contributed by atoms with Crippen LogP contribution >= 0.6 is 0 Å². The molecule has 0 aliphatic carbocycles. The van der Waals surface area contributed by atoms with E-state index in [0.717, 1.165) is 12.0 Å². The second-order valence-electron chi connectivity index (χ2n) is 6.52. The van der Waals surface area contributed by atoms with Gasteiger partial charge in [0.2, 0.25) is 5.91 Å². The molecule has 1 atom stereocenters. The molecule has 3 aromatic carbocycles. The van der Waals surface area contributed by atoms with Crippen LogP contribution in [0.5, 0.6) is 0 Å². The minimum absolute atomic E-state index is 0.0518. The highest BCUT2D eigenvalue weighted by atomic mass is 16.1. The van der Waals surface area contributed by atoms with Gasteiger partial charge < -0.3 is 5.32 Å². The van der Waals surface area contributed by atoms with Crippen molar-refractivity contribution in [3.8, 4) is 0 Å². The summed E-state index contributed by atoms with van der Waals surface area (Å²) in [4.78, 5) is 12.8. The predicted molar refractivity (Wildman–Crippen MR) is 107 cm³/mol. The van der Waals surface area contributed by atoms with E-state index in [2.05, 4.69) is 48.6 Å². The average molecular weight is 343 g/mol. The SMILES string of the molecule is CC[C@@H](NC(=O)CC(c1ccccc1)c1ccccc1)c1ccccc1. The fourth-order valence-corrected chi connectivity index (χ4v) is 3.34. The molecule has 0 unspecified atom stereocenters. The Bertz CT molecular complexity index is 760. The van der Waals surface area contributed by atoms with Gasteiger partial charge in [-0.25, -0.2) is 0 Å². The zero-order valence-corrected chi connectivity index (χ0v) is 15.1. The van der Waals surface area contributed by atoms with E-state index in [1.54, 1.807) is 0 Å². The van der Waals surface area contributed by atoms with Crippen LogP contribution < -0.4 is 5.32 Å². The first-order chi connectivity index (χ1) is 12.8. The fraction of sp³-hybridized carbons (Fsp3) is 0.208. The van der Waals surface area contributed by atoms with E-state index in [0.29, 0.717) is 6.42 Å². The minimum Gasteiger partial charge on any atom is -0.349 e. The molecule has 0 heterocycles. The molecule has 3 aromatic rings. The monoisotopic (exact) mass is 343 g/mol. The molecule has 0 radical (unpaired) electrons. The molecule has 0 fully saturated rings. The molecule has 0 aromatic heterocycles. The van der Waals surface area contributed by atoms with Gasteiger partial charge in [0, 0.05) is 12.3 Å². The summed E-state index contributed by atoms with van der Waals surface area (Å²) in [5.41, 5.74) is 3.49. The van der Waals surface area contributed by atoms with E-state index in [4.69, 9.17) is 0 Å². The van der Waals surface area contributed by atoms with Gasteiger partial charge in [-0.2, -0.15) is 0 Å². The van der Waals surface area contributed by atoms with E-state index in [1.165, 1.54) is 11.1 Å². The quantitative estimate of drug-likeness (QED) is 0.605. The Morgan fingerprint density at radius 2 is 1.15 bits per heavy atom. The number of rotatable bonds is 7. The molecule has 1 amide bonds. The van der Waals surface area contributed by atoms with Gasteiger partial charge in [-0.15, -0.1) is 0 Å². The third-order valence-corrected chi connectivity index (χ3v) is 4.74. The van der Waals surface area contributed by atoms with Crippen LogP contribution in [0.3, 0.4) is 0 Å². The van der Waals surface area contributed by atoms with Gasteiger partial charge in [0.05, 0.1) is 6.04 Å². The number of hydrogen-bond donors (Lipinski definition) is 1. The number of carbonyl (C=O) groups excluding carboxylic acids is 1. The maximum absolute atomic E-state index is 12.8. The van der Waals surface area contributed by atoms with Crippen molar-refractivity contribution in [1.29, 1.82) is 0 Å². The molecular formula is C24H25NO. The smallest absolute Gasteiger partial charge is 0.221 e. The van der Waals surface area contributed by atoms with Crippen molar-refractivity contribution in [2.24, 2.45) is 0 Å². The van der Waals surface area contributed by atoms with Crippen LogP contribution in [0.15, 0.2) is 91.0 Å². The van der Waals surface area contributed by atoms with Crippen LogP contribution in [0.25, 0.3) is 0 Å². The molecule has 0 bridgehead atoms. The summed E-state index contributed by atoms with van der Waals surface area (Å²) in [7, 11) is 0. The van der Waals surface area contributed by atoms with E-state index in [1.807, 2.05) is 54.6 Å². The summed E-state index contributed by atoms with van der Waals surface area (Å²) in [6, 6.07) is 30.7. The molecule has 1 N–H and O–H groups in total. The first-order valence-corrected chi connectivity index (χ1v) is 9.22. The van der Waals surface area contributed by atoms with Gasteiger partial charge in [-0.3, -0.25) is 4.79 Å². The van der Waals surface area contributed by atoms with Gasteiger partial charge >= 0.3 is 0 Å². The van der Waals surface area contributed by atoms with Crippen LogP contribution in [-0.4, -0.2) is 5.91 Å².